The predicted octanol–water partition coefficient (Wildman–Crippen LogP) is 3.38. The predicted molar refractivity (Wildman–Crippen MR) is 126 cm³/mol. The Hall–Kier alpha value is -3.66. The number of carbonyl (C=O) groups excluding carboxylic acids is 2. The van der Waals surface area contributed by atoms with Gasteiger partial charge in [-0.05, 0) is 43.3 Å². The Bertz CT molecular complexity index is 1230. The summed E-state index contributed by atoms with van der Waals surface area (Å²) in [5.74, 6) is 1.37. The molecule has 9 nitrogen and oxygen atoms in total. The van der Waals surface area contributed by atoms with Crippen molar-refractivity contribution in [1.29, 1.82) is 0 Å². The molecule has 0 atom stereocenters. The average Bonchev–Trinajstić information content (AvgIpc) is 3.39. The van der Waals surface area contributed by atoms with Crippen LogP contribution in [0.1, 0.15) is 28.9 Å². The summed E-state index contributed by atoms with van der Waals surface area (Å²) in [7, 11) is 1.89. The van der Waals surface area contributed by atoms with Gasteiger partial charge in [-0.15, -0.1) is 10.2 Å². The first-order chi connectivity index (χ1) is 16.0. The van der Waals surface area contributed by atoms with Gasteiger partial charge >= 0.3 is 5.97 Å². The Morgan fingerprint density at radius 2 is 1.88 bits per heavy atom. The van der Waals surface area contributed by atoms with Crippen LogP contribution in [-0.2, 0) is 29.4 Å². The van der Waals surface area contributed by atoms with Crippen molar-refractivity contribution in [2.45, 2.75) is 24.9 Å². The van der Waals surface area contributed by atoms with Gasteiger partial charge in [-0.3, -0.25) is 4.79 Å². The Labute approximate surface area is 195 Å². The summed E-state index contributed by atoms with van der Waals surface area (Å²) in [6, 6.07) is 14.5. The molecule has 2 aromatic carbocycles. The first-order valence-corrected chi connectivity index (χ1v) is 11.5. The molecule has 0 bridgehead atoms. The van der Waals surface area contributed by atoms with Gasteiger partial charge in [-0.2, -0.15) is 0 Å². The van der Waals surface area contributed by atoms with Crippen LogP contribution in [0.5, 0.6) is 0 Å². The van der Waals surface area contributed by atoms with Crippen molar-refractivity contribution in [2.75, 3.05) is 17.7 Å². The number of benzene rings is 2. The Kier molecular flexibility index (Phi) is 7.04. The van der Waals surface area contributed by atoms with Gasteiger partial charge in [0, 0.05) is 25.6 Å². The molecular formula is C23H24N6O3S. The highest BCUT2D eigenvalue weighted by Crippen LogP contribution is 2.18. The van der Waals surface area contributed by atoms with Crippen molar-refractivity contribution < 1.29 is 14.3 Å². The Morgan fingerprint density at radius 3 is 2.64 bits per heavy atom. The van der Waals surface area contributed by atoms with Crippen molar-refractivity contribution in [2.24, 2.45) is 7.05 Å². The van der Waals surface area contributed by atoms with E-state index in [-0.39, 0.29) is 17.6 Å². The van der Waals surface area contributed by atoms with Crippen LogP contribution >= 0.6 is 11.8 Å². The van der Waals surface area contributed by atoms with E-state index in [4.69, 9.17) is 4.74 Å². The van der Waals surface area contributed by atoms with Gasteiger partial charge in [0.05, 0.1) is 29.0 Å². The zero-order valence-electron chi connectivity index (χ0n) is 18.4. The van der Waals surface area contributed by atoms with Crippen LogP contribution in [0.3, 0.4) is 0 Å². The van der Waals surface area contributed by atoms with Crippen LogP contribution in [0.25, 0.3) is 11.0 Å². The number of anilines is 1. The highest BCUT2D eigenvalue weighted by atomic mass is 32.2. The fourth-order valence-corrected chi connectivity index (χ4v) is 4.00. The number of nitrogens with zero attached hydrogens (tertiary/aromatic N) is 4. The summed E-state index contributed by atoms with van der Waals surface area (Å²) in [6.45, 7) is 2.07. The molecule has 0 aliphatic heterocycles. The van der Waals surface area contributed by atoms with Crippen LogP contribution in [0.4, 0.5) is 5.69 Å². The van der Waals surface area contributed by atoms with E-state index in [9.17, 15) is 9.59 Å². The molecular weight excluding hydrogens is 440 g/mol. The molecule has 33 heavy (non-hydrogen) atoms. The maximum atomic E-state index is 12.3. The second-order valence-corrected chi connectivity index (χ2v) is 8.24. The summed E-state index contributed by atoms with van der Waals surface area (Å²) in [5, 5.41) is 12.0. The van der Waals surface area contributed by atoms with Gasteiger partial charge in [-0.1, -0.05) is 23.9 Å². The number of esters is 1. The van der Waals surface area contributed by atoms with Crippen molar-refractivity contribution in [3.63, 3.8) is 0 Å². The molecule has 4 rings (SSSR count). The number of rotatable bonds is 9. The second-order valence-electron chi connectivity index (χ2n) is 7.29. The molecule has 0 unspecified atom stereocenters. The number of nitrogens with one attached hydrogen (secondary N) is 2. The number of aromatic nitrogens is 5. The first-order valence-electron chi connectivity index (χ1n) is 10.5. The Morgan fingerprint density at radius 1 is 1.09 bits per heavy atom. The van der Waals surface area contributed by atoms with Crippen molar-refractivity contribution in [1.82, 2.24) is 24.7 Å². The first kappa shape index (κ1) is 22.5. The lowest BCUT2D eigenvalue weighted by Gasteiger charge is -2.07. The largest absolute Gasteiger partial charge is 0.462 e. The highest BCUT2D eigenvalue weighted by Gasteiger charge is 2.13. The Balaban J connectivity index is 1.28. The standard InChI is InChI=1S/C23H24N6O3S/c1-3-32-22(31)15-8-10-16(11-9-15)24-21(30)14-33-23-28-27-20(29(23)2)13-12-19-25-17-6-4-5-7-18(17)26-19/h4-11H,3,12-14H2,1-2H3,(H,24,30)(H,25,26). The minimum atomic E-state index is -0.385. The van der Waals surface area contributed by atoms with E-state index >= 15 is 0 Å². The molecule has 0 saturated heterocycles. The van der Waals surface area contributed by atoms with Gasteiger partial charge in [-0.25, -0.2) is 9.78 Å². The molecule has 0 spiro atoms. The monoisotopic (exact) mass is 464 g/mol. The molecule has 1 amide bonds. The van der Waals surface area contributed by atoms with E-state index < -0.39 is 0 Å². The quantitative estimate of drug-likeness (QED) is 0.288. The molecule has 0 saturated carbocycles. The summed E-state index contributed by atoms with van der Waals surface area (Å²) in [6.07, 6.45) is 1.40. The van der Waals surface area contributed by atoms with Gasteiger partial charge in [0.2, 0.25) is 5.91 Å². The number of ether oxygens (including phenoxy) is 1. The maximum Gasteiger partial charge on any atom is 0.338 e. The smallest absolute Gasteiger partial charge is 0.338 e. The van der Waals surface area contributed by atoms with Crippen molar-refractivity contribution >= 4 is 40.4 Å². The third-order valence-electron chi connectivity index (χ3n) is 4.96. The summed E-state index contributed by atoms with van der Waals surface area (Å²) >= 11 is 1.32. The SMILES string of the molecule is CCOC(=O)c1ccc(NC(=O)CSc2nnc(CCc3nc4ccccc4[nH]3)n2C)cc1. The molecule has 10 heteroatoms. The lowest BCUT2D eigenvalue weighted by molar-refractivity contribution is -0.113. The number of carbonyl (C=O) groups is 2. The highest BCUT2D eigenvalue weighted by molar-refractivity contribution is 7.99. The summed E-state index contributed by atoms with van der Waals surface area (Å²) in [4.78, 5) is 31.9. The minimum Gasteiger partial charge on any atom is -0.462 e. The number of para-hydroxylation sites is 2. The molecule has 0 aliphatic rings. The van der Waals surface area contributed by atoms with E-state index in [1.807, 2.05) is 35.9 Å². The zero-order chi connectivity index (χ0) is 23.2. The van der Waals surface area contributed by atoms with Gasteiger partial charge in [0.15, 0.2) is 5.16 Å². The normalized spacial score (nSPS) is 11.0. The number of amides is 1. The van der Waals surface area contributed by atoms with Crippen molar-refractivity contribution in [3.8, 4) is 0 Å². The van der Waals surface area contributed by atoms with E-state index in [0.29, 0.717) is 35.9 Å². The topological polar surface area (TPSA) is 115 Å². The molecule has 170 valence electrons. The number of thioether (sulfide) groups is 1. The molecule has 2 N–H and O–H groups in total. The van der Waals surface area contributed by atoms with E-state index in [0.717, 1.165) is 22.7 Å². The van der Waals surface area contributed by atoms with Crippen LogP contribution in [0, 0.1) is 0 Å². The average molecular weight is 465 g/mol. The van der Waals surface area contributed by atoms with E-state index in [1.165, 1.54) is 11.8 Å². The van der Waals surface area contributed by atoms with Gasteiger partial charge < -0.3 is 19.6 Å². The number of hydrogen-bond donors (Lipinski definition) is 2. The van der Waals surface area contributed by atoms with Crippen LogP contribution in [0.15, 0.2) is 53.7 Å². The van der Waals surface area contributed by atoms with Gasteiger partial charge in [0.1, 0.15) is 11.6 Å². The molecule has 0 aliphatic carbocycles. The van der Waals surface area contributed by atoms with Crippen molar-refractivity contribution in [3.05, 3.63) is 65.7 Å². The maximum absolute atomic E-state index is 12.3. The number of hydrogen-bond acceptors (Lipinski definition) is 7. The fourth-order valence-electron chi connectivity index (χ4n) is 3.27. The molecule has 2 aromatic heterocycles. The van der Waals surface area contributed by atoms with E-state index in [1.54, 1.807) is 31.2 Å². The third-order valence-corrected chi connectivity index (χ3v) is 5.98. The summed E-state index contributed by atoms with van der Waals surface area (Å²) < 4.78 is 6.85. The fraction of sp³-hybridized carbons (Fsp3) is 0.261. The molecule has 4 aromatic rings. The van der Waals surface area contributed by atoms with Crippen LogP contribution in [-0.4, -0.2) is 49.0 Å². The van der Waals surface area contributed by atoms with Crippen LogP contribution in [0.2, 0.25) is 0 Å². The lowest BCUT2D eigenvalue weighted by Crippen LogP contribution is -2.14. The summed E-state index contributed by atoms with van der Waals surface area (Å²) in [5.41, 5.74) is 3.02. The lowest BCUT2D eigenvalue weighted by atomic mass is 10.2. The zero-order valence-corrected chi connectivity index (χ0v) is 19.2. The third kappa shape index (κ3) is 5.58. The number of aromatic amines is 1. The number of imidazole rings is 1. The molecule has 0 fully saturated rings. The van der Waals surface area contributed by atoms with Crippen LogP contribution < -0.4 is 5.32 Å². The molecule has 2 heterocycles. The number of fused-ring (bicyclic) bond motifs is 1. The number of aryl methyl sites for hydroxylation is 2. The molecule has 0 radical (unpaired) electrons. The minimum absolute atomic E-state index is 0.171. The number of H-pyrrole nitrogens is 1. The second kappa shape index (κ2) is 10.3. The van der Waals surface area contributed by atoms with Gasteiger partial charge in [0.25, 0.3) is 0 Å². The van der Waals surface area contributed by atoms with E-state index in [2.05, 4.69) is 25.5 Å².